The van der Waals surface area contributed by atoms with Crippen LogP contribution in [-0.2, 0) is 19.0 Å². The number of oxazole rings is 1. The lowest BCUT2D eigenvalue weighted by molar-refractivity contribution is -0.748. The Morgan fingerprint density at radius 2 is 1.97 bits per heavy atom. The van der Waals surface area contributed by atoms with Crippen molar-refractivity contribution in [2.45, 2.75) is 71.8 Å². The Hall–Kier alpha value is -3.35. The van der Waals surface area contributed by atoms with E-state index in [-0.39, 0.29) is 5.92 Å². The zero-order valence-electron chi connectivity index (χ0n) is 22.8. The lowest BCUT2D eigenvalue weighted by Crippen LogP contribution is -2.64. The first-order valence-electron chi connectivity index (χ1n) is 13.8. The van der Waals surface area contributed by atoms with Gasteiger partial charge in [-0.05, 0) is 30.4 Å². The number of pyridine rings is 1. The minimum atomic E-state index is -0.707. The Kier molecular flexibility index (Phi) is 5.82. The normalized spacial score (nSPS) is 20.3. The molecule has 4 aromatic rings. The first kappa shape index (κ1) is 25.0. The third-order valence-electron chi connectivity index (χ3n) is 8.94. The van der Waals surface area contributed by atoms with Crippen molar-refractivity contribution in [3.05, 3.63) is 81.2 Å². The monoisotopic (exact) mass is 519 g/mol. The molecule has 0 radical (unpaired) electrons. The number of benzene rings is 1. The van der Waals surface area contributed by atoms with Crippen molar-refractivity contribution >= 4 is 11.1 Å². The molecule has 1 fully saturated rings. The number of aryl methyl sites for hydroxylation is 3. The molecule has 2 aliphatic rings. The molecule has 38 heavy (non-hydrogen) atoms. The van der Waals surface area contributed by atoms with Gasteiger partial charge in [0.2, 0.25) is 11.2 Å². The fourth-order valence-electron chi connectivity index (χ4n) is 6.66. The summed E-state index contributed by atoms with van der Waals surface area (Å²) in [6, 6.07) is 6.56. The second-order valence-corrected chi connectivity index (χ2v) is 11.4. The van der Waals surface area contributed by atoms with Crippen LogP contribution in [0.4, 0.5) is 8.78 Å². The lowest BCUT2D eigenvalue weighted by Gasteiger charge is -2.37. The number of halogens is 2. The molecule has 0 N–H and O–H groups in total. The highest BCUT2D eigenvalue weighted by molar-refractivity contribution is 5.83. The van der Waals surface area contributed by atoms with Gasteiger partial charge in [0.15, 0.2) is 6.20 Å². The maximum absolute atomic E-state index is 15.8. The standard InChI is InChI=1S/C31H35F2N3O2/c1-6-31(18(2)3)28(29-36-19(4)34(5)17-26(36)30(37)38-29)23-15-22(32)16-24(33)27(23)25-14-21(12-13-35(25)31)9-7-8-20-10-11-20/h12-18,20H,6-11H2,1-5H3/q+2. The topological polar surface area (TPSA) is 42.4 Å². The summed E-state index contributed by atoms with van der Waals surface area (Å²) >= 11 is 0. The molecule has 0 saturated heterocycles. The number of rotatable bonds is 6. The molecule has 5 nitrogen and oxygen atoms in total. The van der Waals surface area contributed by atoms with Crippen LogP contribution in [0, 0.1) is 30.4 Å². The minimum absolute atomic E-state index is 0.0197. The maximum Gasteiger partial charge on any atom is 0.391 e. The van der Waals surface area contributed by atoms with Crippen LogP contribution in [0.2, 0.25) is 0 Å². The molecular formula is C31H35F2N3O2+2. The van der Waals surface area contributed by atoms with Gasteiger partial charge in [0.1, 0.15) is 23.4 Å². The maximum atomic E-state index is 15.8. The quantitative estimate of drug-likeness (QED) is 0.347. The fourth-order valence-corrected chi connectivity index (χ4v) is 6.66. The summed E-state index contributed by atoms with van der Waals surface area (Å²) < 4.78 is 42.5. The molecule has 3 aromatic heterocycles. The van der Waals surface area contributed by atoms with E-state index < -0.39 is 22.8 Å². The van der Waals surface area contributed by atoms with E-state index in [1.54, 1.807) is 10.6 Å². The molecule has 1 aromatic carbocycles. The molecule has 1 saturated carbocycles. The summed E-state index contributed by atoms with van der Waals surface area (Å²) in [5.74, 6) is 0.411. The second-order valence-electron chi connectivity index (χ2n) is 11.4. The molecule has 198 valence electrons. The average Bonchev–Trinajstić information content (AvgIpc) is 3.58. The Morgan fingerprint density at radius 1 is 1.21 bits per heavy atom. The van der Waals surface area contributed by atoms with E-state index in [9.17, 15) is 9.18 Å². The molecule has 0 amide bonds. The number of aromatic nitrogens is 3. The molecule has 6 rings (SSSR count). The molecule has 0 bridgehead atoms. The van der Waals surface area contributed by atoms with Gasteiger partial charge in [0.05, 0.1) is 12.6 Å². The highest BCUT2D eigenvalue weighted by Crippen LogP contribution is 2.46. The predicted octanol–water partition coefficient (Wildman–Crippen LogP) is 4.68. The summed E-state index contributed by atoms with van der Waals surface area (Å²) in [4.78, 5) is 13.0. The van der Waals surface area contributed by atoms with Gasteiger partial charge >= 0.3 is 11.2 Å². The number of fused-ring (bicyclic) bond motifs is 4. The zero-order chi connectivity index (χ0) is 26.9. The van der Waals surface area contributed by atoms with Crippen molar-refractivity contribution in [2.24, 2.45) is 18.9 Å². The minimum Gasteiger partial charge on any atom is -0.382 e. The van der Waals surface area contributed by atoms with E-state index in [0.717, 1.165) is 41.9 Å². The van der Waals surface area contributed by atoms with Crippen LogP contribution in [0.15, 0.2) is 45.9 Å². The largest absolute Gasteiger partial charge is 0.391 e. The van der Waals surface area contributed by atoms with Crippen LogP contribution in [0.5, 0.6) is 0 Å². The van der Waals surface area contributed by atoms with Crippen molar-refractivity contribution in [3.63, 3.8) is 0 Å². The van der Waals surface area contributed by atoms with Crippen LogP contribution >= 0.6 is 0 Å². The number of nitrogens with zero attached hydrogens (tertiary/aromatic N) is 3. The number of hydrogen-bond acceptors (Lipinski definition) is 2. The third kappa shape index (κ3) is 3.57. The summed E-state index contributed by atoms with van der Waals surface area (Å²) in [5, 5.41) is 0. The zero-order valence-corrected chi connectivity index (χ0v) is 22.8. The third-order valence-corrected chi connectivity index (χ3v) is 8.94. The lowest BCUT2D eigenvalue weighted by atomic mass is 9.70. The van der Waals surface area contributed by atoms with Crippen LogP contribution in [-0.4, -0.2) is 4.40 Å². The summed E-state index contributed by atoms with van der Waals surface area (Å²) in [6.45, 7) is 8.22. The van der Waals surface area contributed by atoms with Crippen molar-refractivity contribution in [2.75, 3.05) is 0 Å². The highest BCUT2D eigenvalue weighted by atomic mass is 19.1. The molecule has 1 unspecified atom stereocenters. The molecule has 1 atom stereocenters. The van der Waals surface area contributed by atoms with Crippen molar-refractivity contribution in [1.82, 2.24) is 4.40 Å². The van der Waals surface area contributed by atoms with Crippen LogP contribution in [0.25, 0.3) is 22.3 Å². The molecule has 1 aliphatic carbocycles. The Morgan fingerprint density at radius 3 is 2.66 bits per heavy atom. The van der Waals surface area contributed by atoms with Crippen molar-refractivity contribution in [1.29, 1.82) is 0 Å². The number of imidazole rings is 1. The van der Waals surface area contributed by atoms with Crippen molar-refractivity contribution < 1.29 is 22.3 Å². The smallest absolute Gasteiger partial charge is 0.382 e. The van der Waals surface area contributed by atoms with Gasteiger partial charge in [-0.2, -0.15) is 8.97 Å². The Balaban J connectivity index is 1.72. The second kappa shape index (κ2) is 8.85. The van der Waals surface area contributed by atoms with Crippen LogP contribution < -0.4 is 20.3 Å². The Labute approximate surface area is 221 Å². The molecule has 0 spiro atoms. The van der Waals surface area contributed by atoms with Gasteiger partial charge in [0, 0.05) is 43.0 Å². The number of hydrogen-bond donors (Lipinski definition) is 0. The van der Waals surface area contributed by atoms with Gasteiger partial charge < -0.3 is 4.42 Å². The first-order chi connectivity index (χ1) is 18.2. The van der Waals surface area contributed by atoms with Crippen LogP contribution in [0.1, 0.15) is 69.8 Å². The van der Waals surface area contributed by atoms with E-state index in [4.69, 9.17) is 4.42 Å². The molecule has 4 heterocycles. The molecular weight excluding hydrogens is 484 g/mol. The van der Waals surface area contributed by atoms with Crippen LogP contribution in [0.3, 0.4) is 0 Å². The summed E-state index contributed by atoms with van der Waals surface area (Å²) in [5.41, 5.74) is 2.87. The first-order valence-corrected chi connectivity index (χ1v) is 13.8. The van der Waals surface area contributed by atoms with Gasteiger partial charge in [-0.1, -0.05) is 40.0 Å². The summed E-state index contributed by atoms with van der Waals surface area (Å²) in [7, 11) is 1.87. The SMILES string of the molecule is CCC1(C(C)C)C(=c2oc(=O)c3c[n+](C)c(C)n23)c2cc(F)cc(F)c2-c2cc(CCCC3CC3)cc[n+]21. The van der Waals surface area contributed by atoms with Gasteiger partial charge in [-0.25, -0.2) is 18.1 Å². The van der Waals surface area contributed by atoms with E-state index in [1.165, 1.54) is 25.3 Å². The predicted molar refractivity (Wildman–Crippen MR) is 140 cm³/mol. The van der Waals surface area contributed by atoms with Crippen molar-refractivity contribution in [3.8, 4) is 11.3 Å². The van der Waals surface area contributed by atoms with E-state index in [2.05, 4.69) is 43.7 Å². The van der Waals surface area contributed by atoms with E-state index in [1.807, 2.05) is 18.5 Å². The van der Waals surface area contributed by atoms with E-state index >= 15 is 4.39 Å². The van der Waals surface area contributed by atoms with E-state index in [0.29, 0.717) is 34.2 Å². The summed E-state index contributed by atoms with van der Waals surface area (Å²) in [6.07, 6.45) is 10.4. The molecule has 1 aliphatic heterocycles. The van der Waals surface area contributed by atoms with Gasteiger partial charge in [-0.15, -0.1) is 0 Å². The Bertz CT molecular complexity index is 1700. The van der Waals surface area contributed by atoms with Gasteiger partial charge in [-0.3, -0.25) is 0 Å². The average molecular weight is 520 g/mol. The van der Waals surface area contributed by atoms with Gasteiger partial charge in [0.25, 0.3) is 11.3 Å². The highest BCUT2D eigenvalue weighted by Gasteiger charge is 2.55. The fraction of sp³-hybridized carbons (Fsp3) is 0.452. The molecule has 7 heteroatoms.